The Morgan fingerprint density at radius 2 is 2.28 bits per heavy atom. The second-order valence-corrected chi connectivity index (χ2v) is 5.33. The second-order valence-electron chi connectivity index (χ2n) is 3.22. The van der Waals surface area contributed by atoms with Crippen molar-refractivity contribution < 1.29 is 4.74 Å². The number of ether oxygens (including phenoxy) is 1. The fraction of sp³-hybridized carbons (Fsp3) is 0.400. The number of nitrogens with one attached hydrogen (secondary N) is 1. The molecule has 96 valence electrons. The molecule has 0 spiro atoms. The molecule has 0 radical (unpaired) electrons. The Hall–Kier alpha value is -1.41. The Morgan fingerprint density at radius 1 is 1.39 bits per heavy atom. The van der Waals surface area contributed by atoms with E-state index in [1.165, 1.54) is 11.8 Å². The van der Waals surface area contributed by atoms with Gasteiger partial charge in [0, 0.05) is 18.6 Å². The lowest BCUT2D eigenvalue weighted by Crippen LogP contribution is -2.05. The summed E-state index contributed by atoms with van der Waals surface area (Å²) in [5, 5.41) is 5.38. The van der Waals surface area contributed by atoms with E-state index in [0.29, 0.717) is 23.7 Å². The zero-order chi connectivity index (χ0) is 12.8. The third-order valence-electron chi connectivity index (χ3n) is 1.84. The molecule has 0 aliphatic rings. The highest BCUT2D eigenvalue weighted by atomic mass is 32.2. The Morgan fingerprint density at radius 3 is 2.94 bits per heavy atom. The number of aromatic nitrogens is 4. The molecule has 8 heteroatoms. The molecular formula is C10H13N5OS2. The zero-order valence-electron chi connectivity index (χ0n) is 10.1. The first kappa shape index (κ1) is 13.0. The summed E-state index contributed by atoms with van der Waals surface area (Å²) in [6, 6.07) is 0.343. The lowest BCUT2D eigenvalue weighted by atomic mass is 10.5. The molecule has 18 heavy (non-hydrogen) atoms. The van der Waals surface area contributed by atoms with Crippen molar-refractivity contribution >= 4 is 29.0 Å². The molecule has 2 rings (SSSR count). The standard InChI is InChI=1S/C10H13N5OS2/c1-3-5-16-8-13-7(11-2)14-9(15-8)18-10-12-4-6-17-10/h4,6H,3,5H2,1-2H3,(H,11,13,14,15). The highest BCUT2D eigenvalue weighted by Gasteiger charge is 2.09. The summed E-state index contributed by atoms with van der Waals surface area (Å²) in [5.41, 5.74) is 0. The summed E-state index contributed by atoms with van der Waals surface area (Å²) in [5.74, 6) is 0.496. The van der Waals surface area contributed by atoms with Crippen molar-refractivity contribution in [3.05, 3.63) is 11.6 Å². The third kappa shape index (κ3) is 3.54. The normalized spacial score (nSPS) is 10.3. The lowest BCUT2D eigenvalue weighted by Gasteiger charge is -2.06. The molecule has 0 aliphatic heterocycles. The number of rotatable bonds is 6. The number of hydrogen-bond acceptors (Lipinski definition) is 8. The van der Waals surface area contributed by atoms with Gasteiger partial charge in [-0.3, -0.25) is 0 Å². The van der Waals surface area contributed by atoms with Crippen molar-refractivity contribution in [2.45, 2.75) is 22.8 Å². The van der Waals surface area contributed by atoms with E-state index in [2.05, 4.69) is 25.3 Å². The van der Waals surface area contributed by atoms with Gasteiger partial charge in [-0.2, -0.15) is 15.0 Å². The quantitative estimate of drug-likeness (QED) is 0.872. The van der Waals surface area contributed by atoms with Crippen LogP contribution in [0.15, 0.2) is 21.1 Å². The Balaban J connectivity index is 2.17. The predicted molar refractivity (Wildman–Crippen MR) is 71.4 cm³/mol. The Labute approximate surface area is 113 Å². The van der Waals surface area contributed by atoms with Crippen molar-refractivity contribution in [3.8, 4) is 6.01 Å². The topological polar surface area (TPSA) is 72.8 Å². The molecule has 6 nitrogen and oxygen atoms in total. The van der Waals surface area contributed by atoms with E-state index >= 15 is 0 Å². The van der Waals surface area contributed by atoms with E-state index in [-0.39, 0.29) is 0 Å². The molecule has 0 saturated carbocycles. The fourth-order valence-electron chi connectivity index (χ4n) is 1.09. The average Bonchev–Trinajstić information content (AvgIpc) is 2.89. The van der Waals surface area contributed by atoms with Crippen molar-refractivity contribution in [1.82, 2.24) is 19.9 Å². The summed E-state index contributed by atoms with van der Waals surface area (Å²) in [6.07, 6.45) is 2.66. The first-order valence-electron chi connectivity index (χ1n) is 5.45. The molecule has 0 saturated heterocycles. The van der Waals surface area contributed by atoms with Crippen LogP contribution in [0, 0.1) is 0 Å². The van der Waals surface area contributed by atoms with Crippen LogP contribution < -0.4 is 10.1 Å². The van der Waals surface area contributed by atoms with Crippen molar-refractivity contribution in [2.24, 2.45) is 0 Å². The van der Waals surface area contributed by atoms with Gasteiger partial charge in [0.15, 0.2) is 4.34 Å². The second kappa shape index (κ2) is 6.50. The van der Waals surface area contributed by atoms with Crippen molar-refractivity contribution in [2.75, 3.05) is 19.0 Å². The molecule has 0 unspecified atom stereocenters. The van der Waals surface area contributed by atoms with Gasteiger partial charge in [-0.15, -0.1) is 11.3 Å². The minimum atomic E-state index is 0.343. The van der Waals surface area contributed by atoms with Crippen LogP contribution in [0.25, 0.3) is 0 Å². The molecule has 2 aromatic heterocycles. The van der Waals surface area contributed by atoms with E-state index in [1.54, 1.807) is 24.6 Å². The van der Waals surface area contributed by atoms with Gasteiger partial charge in [-0.1, -0.05) is 6.92 Å². The molecule has 0 fully saturated rings. The average molecular weight is 283 g/mol. The van der Waals surface area contributed by atoms with Gasteiger partial charge in [0.1, 0.15) is 0 Å². The largest absolute Gasteiger partial charge is 0.463 e. The summed E-state index contributed by atoms with van der Waals surface area (Å²) in [4.78, 5) is 16.8. The van der Waals surface area contributed by atoms with Crippen LogP contribution in [0.2, 0.25) is 0 Å². The number of anilines is 1. The third-order valence-corrected chi connectivity index (χ3v) is 3.59. The molecule has 2 heterocycles. The molecule has 1 N–H and O–H groups in total. The van der Waals surface area contributed by atoms with E-state index in [1.807, 2.05) is 12.3 Å². The van der Waals surface area contributed by atoms with Crippen LogP contribution in [0.3, 0.4) is 0 Å². The smallest absolute Gasteiger partial charge is 0.322 e. The maximum Gasteiger partial charge on any atom is 0.322 e. The fourth-order valence-corrected chi connectivity index (χ4v) is 2.56. The van der Waals surface area contributed by atoms with E-state index in [4.69, 9.17) is 4.74 Å². The van der Waals surface area contributed by atoms with Gasteiger partial charge in [0.25, 0.3) is 0 Å². The van der Waals surface area contributed by atoms with Crippen LogP contribution in [0.5, 0.6) is 6.01 Å². The van der Waals surface area contributed by atoms with Crippen LogP contribution in [0.4, 0.5) is 5.95 Å². The summed E-state index contributed by atoms with van der Waals surface area (Å²) >= 11 is 2.94. The molecular weight excluding hydrogens is 270 g/mol. The summed E-state index contributed by atoms with van der Waals surface area (Å²) in [7, 11) is 1.76. The van der Waals surface area contributed by atoms with Gasteiger partial charge < -0.3 is 10.1 Å². The summed E-state index contributed by atoms with van der Waals surface area (Å²) in [6.45, 7) is 2.62. The first-order valence-corrected chi connectivity index (χ1v) is 7.15. The highest BCUT2D eigenvalue weighted by Crippen LogP contribution is 2.27. The first-order chi connectivity index (χ1) is 8.81. The van der Waals surface area contributed by atoms with Crippen molar-refractivity contribution in [1.29, 1.82) is 0 Å². The van der Waals surface area contributed by atoms with Gasteiger partial charge in [-0.05, 0) is 18.2 Å². The van der Waals surface area contributed by atoms with Gasteiger partial charge in [-0.25, -0.2) is 4.98 Å². The number of nitrogens with zero attached hydrogens (tertiary/aromatic N) is 4. The lowest BCUT2D eigenvalue weighted by molar-refractivity contribution is 0.288. The predicted octanol–water partition coefficient (Wildman–Crippen LogP) is 2.31. The molecule has 0 amide bonds. The Kier molecular flexibility index (Phi) is 4.71. The Bertz CT molecular complexity index is 491. The number of thiazole rings is 1. The highest BCUT2D eigenvalue weighted by molar-refractivity contribution is 8.00. The van der Waals surface area contributed by atoms with Crippen LogP contribution >= 0.6 is 23.1 Å². The van der Waals surface area contributed by atoms with Gasteiger partial charge in [0.2, 0.25) is 11.1 Å². The maximum atomic E-state index is 5.42. The van der Waals surface area contributed by atoms with Crippen LogP contribution in [-0.4, -0.2) is 33.6 Å². The van der Waals surface area contributed by atoms with E-state index in [9.17, 15) is 0 Å². The summed E-state index contributed by atoms with van der Waals surface area (Å²) < 4.78 is 6.32. The maximum absolute atomic E-state index is 5.42. The minimum absolute atomic E-state index is 0.343. The van der Waals surface area contributed by atoms with Crippen LogP contribution in [-0.2, 0) is 0 Å². The molecule has 0 atom stereocenters. The molecule has 2 aromatic rings. The minimum Gasteiger partial charge on any atom is -0.463 e. The molecule has 0 aliphatic carbocycles. The zero-order valence-corrected chi connectivity index (χ0v) is 11.7. The number of hydrogen-bond donors (Lipinski definition) is 1. The van der Waals surface area contributed by atoms with E-state index in [0.717, 1.165) is 10.8 Å². The molecule has 0 aromatic carbocycles. The van der Waals surface area contributed by atoms with E-state index < -0.39 is 0 Å². The SMILES string of the molecule is CCCOc1nc(NC)nc(Sc2nccs2)n1. The van der Waals surface area contributed by atoms with Crippen molar-refractivity contribution in [3.63, 3.8) is 0 Å². The molecule has 0 bridgehead atoms. The monoisotopic (exact) mass is 283 g/mol. The van der Waals surface area contributed by atoms with Gasteiger partial charge >= 0.3 is 6.01 Å². The van der Waals surface area contributed by atoms with Crippen LogP contribution in [0.1, 0.15) is 13.3 Å². The van der Waals surface area contributed by atoms with Gasteiger partial charge in [0.05, 0.1) is 6.61 Å².